The van der Waals surface area contributed by atoms with Gasteiger partial charge in [0.2, 0.25) is 11.8 Å². The van der Waals surface area contributed by atoms with Crippen LogP contribution in [-0.4, -0.2) is 69.8 Å². The maximum atomic E-state index is 16.1. The van der Waals surface area contributed by atoms with Gasteiger partial charge < -0.3 is 15.3 Å². The Morgan fingerprint density at radius 1 is 1.29 bits per heavy atom. The average Bonchev–Trinajstić information content (AvgIpc) is 3.37. The second-order valence-electron chi connectivity index (χ2n) is 9.52. The van der Waals surface area contributed by atoms with Gasteiger partial charge in [-0.2, -0.15) is 4.80 Å². The minimum Gasteiger partial charge on any atom is -0.507 e. The van der Waals surface area contributed by atoms with Crippen LogP contribution in [0.25, 0.3) is 22.6 Å². The molecular weight excluding hydrogens is 437 g/mol. The maximum Gasteiger partial charge on any atom is 0.245 e. The van der Waals surface area contributed by atoms with E-state index in [4.69, 9.17) is 11.0 Å². The number of aromatic nitrogens is 7. The number of piperidine rings is 1. The van der Waals surface area contributed by atoms with Crippen LogP contribution in [0, 0.1) is 0 Å². The molecule has 3 fully saturated rings. The number of phenolic OH excluding ortho intramolecular Hbond substituents is 1. The van der Waals surface area contributed by atoms with Crippen molar-refractivity contribution in [2.24, 2.45) is 6.98 Å². The van der Waals surface area contributed by atoms with Crippen LogP contribution in [0.4, 0.5) is 10.3 Å². The van der Waals surface area contributed by atoms with Crippen molar-refractivity contribution >= 4 is 5.95 Å². The standard InChI is InChI=1S/C23H28FN9O/c1-22-8-9-23(2,30-22)19(24)17(11-22)33(14-5-6-14)21-25-12-16(26-28-21)15-7-4-13(10-18(15)34)20-27-31-32(3)29-20/h4,7,10,12,14,17,19,30,34H,5-6,8-9,11H2,1-3H3/t17-,19-,22-,23+/m0/s1/i3D3,5D2,6D2,14D. The zero-order chi connectivity index (χ0) is 30.7. The second-order valence-corrected chi connectivity index (χ2v) is 9.52. The number of hydrogen-bond acceptors (Lipinski definition) is 9. The molecule has 2 saturated heterocycles. The molecule has 3 aromatic rings. The minimum absolute atomic E-state index is 0.0315. The molecule has 11 heteroatoms. The van der Waals surface area contributed by atoms with Crippen LogP contribution in [0.1, 0.15) is 56.8 Å². The average molecular weight is 474 g/mol. The number of tetrazole rings is 1. The predicted molar refractivity (Wildman–Crippen MR) is 123 cm³/mol. The summed E-state index contributed by atoms with van der Waals surface area (Å²) in [6.45, 7) is 1.04. The summed E-state index contributed by atoms with van der Waals surface area (Å²) in [6, 6.07) is 0.626. The molecule has 2 aliphatic heterocycles. The topological polar surface area (TPSA) is 118 Å². The summed E-state index contributed by atoms with van der Waals surface area (Å²) in [5, 5.41) is 33.3. The van der Waals surface area contributed by atoms with Crippen LogP contribution >= 0.6 is 0 Å². The third kappa shape index (κ3) is 3.49. The van der Waals surface area contributed by atoms with Crippen LogP contribution in [0.3, 0.4) is 0 Å². The highest BCUT2D eigenvalue weighted by molar-refractivity contribution is 5.71. The van der Waals surface area contributed by atoms with Crippen LogP contribution in [0.5, 0.6) is 5.75 Å². The van der Waals surface area contributed by atoms with Crippen LogP contribution < -0.4 is 10.2 Å². The van der Waals surface area contributed by atoms with E-state index in [1.165, 1.54) is 24.4 Å². The summed E-state index contributed by atoms with van der Waals surface area (Å²) in [5.74, 6) is -0.623. The molecule has 0 radical (unpaired) electrons. The van der Waals surface area contributed by atoms with Gasteiger partial charge in [-0.25, -0.2) is 9.37 Å². The number of aromatic hydroxyl groups is 1. The largest absolute Gasteiger partial charge is 0.507 e. The minimum atomic E-state index is -2.64. The Morgan fingerprint density at radius 2 is 2.15 bits per heavy atom. The summed E-state index contributed by atoms with van der Waals surface area (Å²) < 4.78 is 80.3. The van der Waals surface area contributed by atoms with E-state index >= 15 is 4.39 Å². The molecule has 4 atom stereocenters. The maximum absolute atomic E-state index is 16.1. The van der Waals surface area contributed by atoms with Gasteiger partial charge in [0.25, 0.3) is 0 Å². The van der Waals surface area contributed by atoms with E-state index in [1.807, 2.05) is 6.92 Å². The van der Waals surface area contributed by atoms with Crippen molar-refractivity contribution in [2.75, 3.05) is 4.90 Å². The molecule has 6 rings (SSSR count). The normalized spacial score (nSPS) is 38.2. The predicted octanol–water partition coefficient (Wildman–Crippen LogP) is 2.41. The van der Waals surface area contributed by atoms with E-state index < -0.39 is 49.0 Å². The highest BCUT2D eigenvalue weighted by atomic mass is 19.1. The van der Waals surface area contributed by atoms with Gasteiger partial charge in [0.05, 0.1) is 20.6 Å². The molecule has 178 valence electrons. The SMILES string of the molecule is [2H]C([2H])([2H])n1nnc(-c2ccc(-c3cnc(N([C@H]4C[C@]5(C)CC[C@@](C)(N5)[C@H]4F)C4([2H])C([2H])([2H])C4([2H])[2H])nn3)c(O)c2)n1. The molecule has 1 aliphatic carbocycles. The Kier molecular flexibility index (Phi) is 3.10. The molecule has 2 aromatic heterocycles. The summed E-state index contributed by atoms with van der Waals surface area (Å²) in [6.07, 6.45) is -4.29. The van der Waals surface area contributed by atoms with Crippen molar-refractivity contribution in [3.8, 4) is 28.4 Å². The first-order valence-electron chi connectivity index (χ1n) is 14.9. The van der Waals surface area contributed by atoms with Crippen molar-refractivity contribution in [2.45, 2.75) is 75.2 Å². The summed E-state index contributed by atoms with van der Waals surface area (Å²) in [7, 11) is 0. The zero-order valence-corrected chi connectivity index (χ0v) is 18.5. The lowest BCUT2D eigenvalue weighted by atomic mass is 9.82. The lowest BCUT2D eigenvalue weighted by Gasteiger charge is -2.48. The lowest BCUT2D eigenvalue weighted by molar-refractivity contribution is 0.0828. The molecule has 34 heavy (non-hydrogen) atoms. The number of rotatable bonds is 5. The number of alkyl halides is 1. The molecule has 3 aliphatic rings. The van der Waals surface area contributed by atoms with E-state index in [-0.39, 0.29) is 40.8 Å². The van der Waals surface area contributed by atoms with Gasteiger partial charge in [0.15, 0.2) is 0 Å². The second kappa shape index (κ2) is 7.39. The number of nitrogens with zero attached hydrogens (tertiary/aromatic N) is 8. The molecular formula is C23H28FN9O. The summed E-state index contributed by atoms with van der Waals surface area (Å²) in [5.41, 5.74) is -0.910. The fourth-order valence-corrected chi connectivity index (χ4v) is 5.20. The Bertz CT molecular complexity index is 1540. The van der Waals surface area contributed by atoms with Crippen LogP contribution in [0.15, 0.2) is 24.4 Å². The Morgan fingerprint density at radius 3 is 2.82 bits per heavy atom. The van der Waals surface area contributed by atoms with E-state index in [2.05, 4.69) is 35.9 Å². The monoisotopic (exact) mass is 473 g/mol. The highest BCUT2D eigenvalue weighted by Crippen LogP contribution is 2.47. The molecule has 0 unspecified atom stereocenters. The van der Waals surface area contributed by atoms with Gasteiger partial charge in [-0.3, -0.25) is 0 Å². The van der Waals surface area contributed by atoms with Gasteiger partial charge in [-0.1, -0.05) is 6.07 Å². The first kappa shape index (κ1) is 14.2. The fourth-order valence-electron chi connectivity index (χ4n) is 5.20. The third-order valence-corrected chi connectivity index (χ3v) is 6.91. The first-order chi connectivity index (χ1) is 19.3. The number of halogens is 1. The quantitative estimate of drug-likeness (QED) is 0.576. The van der Waals surface area contributed by atoms with Crippen molar-refractivity contribution in [3.05, 3.63) is 24.4 Å². The smallest absolute Gasteiger partial charge is 0.245 e. The molecule has 1 saturated carbocycles. The fraction of sp³-hybridized carbons (Fsp3) is 0.565. The molecule has 0 amide bonds. The number of anilines is 1. The van der Waals surface area contributed by atoms with Gasteiger partial charge in [0.1, 0.15) is 17.6 Å². The molecule has 1 aromatic carbocycles. The molecule has 2 N–H and O–H groups in total. The van der Waals surface area contributed by atoms with Crippen molar-refractivity contribution in [3.63, 3.8) is 0 Å². The molecule has 2 bridgehead atoms. The molecule has 0 spiro atoms. The van der Waals surface area contributed by atoms with Gasteiger partial charge in [-0.15, -0.1) is 20.4 Å². The first-order valence-corrected chi connectivity index (χ1v) is 10.9. The van der Waals surface area contributed by atoms with Crippen molar-refractivity contribution in [1.82, 2.24) is 40.7 Å². The number of aryl methyl sites for hydroxylation is 1. The Labute approximate surface area is 207 Å². The Balaban J connectivity index is 1.35. The number of hydrogen-bond donors (Lipinski definition) is 2. The van der Waals surface area contributed by atoms with E-state index in [0.29, 0.717) is 17.6 Å². The lowest BCUT2D eigenvalue weighted by Crippen LogP contribution is -2.66. The van der Waals surface area contributed by atoms with E-state index in [1.54, 1.807) is 6.92 Å². The number of phenols is 1. The van der Waals surface area contributed by atoms with Gasteiger partial charge >= 0.3 is 0 Å². The van der Waals surface area contributed by atoms with E-state index in [9.17, 15) is 5.11 Å². The third-order valence-electron chi connectivity index (χ3n) is 6.91. The van der Waals surface area contributed by atoms with Crippen molar-refractivity contribution in [1.29, 1.82) is 0 Å². The number of fused-ring (bicyclic) bond motifs is 2. The van der Waals surface area contributed by atoms with E-state index in [0.717, 1.165) is 4.90 Å². The molecule has 10 nitrogen and oxygen atoms in total. The van der Waals surface area contributed by atoms with Crippen LogP contribution in [0.2, 0.25) is 0 Å². The van der Waals surface area contributed by atoms with Gasteiger partial charge in [0, 0.05) is 37.8 Å². The molecule has 4 heterocycles. The number of nitrogens with one attached hydrogen (secondary N) is 1. The van der Waals surface area contributed by atoms with Crippen LogP contribution in [-0.2, 0) is 6.98 Å². The van der Waals surface area contributed by atoms with Crippen molar-refractivity contribution < 1.29 is 20.5 Å². The number of benzene rings is 1. The summed E-state index contributed by atoms with van der Waals surface area (Å²) >= 11 is 0. The Hall–Kier alpha value is -3.21. The highest BCUT2D eigenvalue weighted by Gasteiger charge is 2.58. The zero-order valence-electron chi connectivity index (χ0n) is 26.5. The summed E-state index contributed by atoms with van der Waals surface area (Å²) in [4.78, 5) is 5.76. The van der Waals surface area contributed by atoms with Gasteiger partial charge in [-0.05, 0) is 63.2 Å².